The topological polar surface area (TPSA) is 122 Å². The number of aromatic nitrogens is 3. The van der Waals surface area contributed by atoms with E-state index in [1.165, 1.54) is 23.6 Å². The highest BCUT2D eigenvalue weighted by atomic mass is 16.3. The molecule has 2 N–H and O–H groups in total. The number of anilines is 2. The number of hydrogen-bond donors (Lipinski definition) is 2. The first-order valence-corrected chi connectivity index (χ1v) is 10.4. The van der Waals surface area contributed by atoms with E-state index >= 15 is 0 Å². The van der Waals surface area contributed by atoms with E-state index in [-0.39, 0.29) is 23.5 Å². The van der Waals surface area contributed by atoms with E-state index in [1.54, 1.807) is 48.2 Å². The molecular formula is C22H24N6O4. The van der Waals surface area contributed by atoms with Gasteiger partial charge in [-0.2, -0.15) is 5.10 Å². The average Bonchev–Trinajstić information content (AvgIpc) is 3.54. The van der Waals surface area contributed by atoms with Crippen molar-refractivity contribution < 1.29 is 18.8 Å². The van der Waals surface area contributed by atoms with Gasteiger partial charge in [-0.05, 0) is 62.6 Å². The normalized spacial score (nSPS) is 16.9. The zero-order valence-corrected chi connectivity index (χ0v) is 17.6. The Morgan fingerprint density at radius 2 is 1.84 bits per heavy atom. The van der Waals surface area contributed by atoms with Gasteiger partial charge in [-0.1, -0.05) is 0 Å². The molecule has 2 unspecified atom stereocenters. The number of hydrogen-bond acceptors (Lipinski definition) is 6. The maximum Gasteiger partial charge on any atom is 0.290 e. The van der Waals surface area contributed by atoms with Crippen LogP contribution in [0.2, 0.25) is 0 Å². The molecule has 10 nitrogen and oxygen atoms in total. The summed E-state index contributed by atoms with van der Waals surface area (Å²) in [4.78, 5) is 43.4. The van der Waals surface area contributed by atoms with Crippen LogP contribution in [0.3, 0.4) is 0 Å². The van der Waals surface area contributed by atoms with Crippen molar-refractivity contribution in [2.45, 2.75) is 38.3 Å². The van der Waals surface area contributed by atoms with Crippen LogP contribution in [0.25, 0.3) is 0 Å². The van der Waals surface area contributed by atoms with Crippen LogP contribution in [-0.2, 0) is 9.59 Å². The molecule has 4 rings (SSSR count). The zero-order valence-electron chi connectivity index (χ0n) is 17.6. The minimum absolute atomic E-state index is 0.227. The number of nitrogens with zero attached hydrogens (tertiary/aromatic N) is 4. The predicted octanol–water partition coefficient (Wildman–Crippen LogP) is 2.70. The number of amides is 3. The molecule has 10 heteroatoms. The summed E-state index contributed by atoms with van der Waals surface area (Å²) in [6.45, 7) is 2.23. The minimum atomic E-state index is -0.566. The van der Waals surface area contributed by atoms with Crippen LogP contribution in [0.15, 0.2) is 59.7 Å². The Balaban J connectivity index is 1.37. The summed E-state index contributed by atoms with van der Waals surface area (Å²) < 4.78 is 6.68. The second kappa shape index (κ2) is 9.46. The third-order valence-electron chi connectivity index (χ3n) is 5.43. The number of furan rings is 1. The van der Waals surface area contributed by atoms with Crippen LogP contribution >= 0.6 is 0 Å². The van der Waals surface area contributed by atoms with Gasteiger partial charge in [0.05, 0.1) is 6.26 Å². The van der Waals surface area contributed by atoms with Gasteiger partial charge in [-0.15, -0.1) is 0 Å². The van der Waals surface area contributed by atoms with Crippen molar-refractivity contribution in [3.63, 3.8) is 0 Å². The number of likely N-dealkylation sites (tertiary alicyclic amines) is 1. The molecule has 3 heterocycles. The molecule has 166 valence electrons. The van der Waals surface area contributed by atoms with E-state index in [0.717, 1.165) is 12.8 Å². The number of carbonyl (C=O) groups excluding carboxylic acids is 3. The highest BCUT2D eigenvalue weighted by molar-refractivity contribution is 6.00. The van der Waals surface area contributed by atoms with Crippen molar-refractivity contribution in [2.24, 2.45) is 0 Å². The molecule has 0 aliphatic carbocycles. The lowest BCUT2D eigenvalue weighted by Gasteiger charge is -2.34. The molecular weight excluding hydrogens is 412 g/mol. The standard InChI is InChI=1S/C22H24N6O4/c1-15(28-14-23-13-24-28)20(29)25-16-7-9-17(10-8-16)26-21(30)18-5-2-3-11-27(18)22(31)19-6-4-12-32-19/h4,6-10,12-15,18H,2-3,5,11H2,1H3,(H,25,29)(H,26,30). The van der Waals surface area contributed by atoms with Gasteiger partial charge in [0.15, 0.2) is 5.76 Å². The fourth-order valence-electron chi connectivity index (χ4n) is 3.64. The largest absolute Gasteiger partial charge is 0.459 e. The number of piperidine rings is 1. The van der Waals surface area contributed by atoms with Gasteiger partial charge in [0, 0.05) is 17.9 Å². The number of benzene rings is 1. The third kappa shape index (κ3) is 4.69. The molecule has 0 spiro atoms. The smallest absolute Gasteiger partial charge is 0.290 e. The van der Waals surface area contributed by atoms with Gasteiger partial charge in [0.1, 0.15) is 24.7 Å². The first kappa shape index (κ1) is 21.3. The van der Waals surface area contributed by atoms with Crippen LogP contribution in [0.4, 0.5) is 11.4 Å². The van der Waals surface area contributed by atoms with Crippen molar-refractivity contribution in [1.29, 1.82) is 0 Å². The molecule has 0 saturated carbocycles. The van der Waals surface area contributed by atoms with Crippen molar-refractivity contribution in [3.05, 3.63) is 61.1 Å². The summed E-state index contributed by atoms with van der Waals surface area (Å²) in [7, 11) is 0. The Labute approximate surface area is 184 Å². The molecule has 1 fully saturated rings. The van der Waals surface area contributed by atoms with Crippen LogP contribution in [0.1, 0.15) is 42.8 Å². The maximum atomic E-state index is 12.9. The van der Waals surface area contributed by atoms with Gasteiger partial charge in [0.2, 0.25) is 11.8 Å². The van der Waals surface area contributed by atoms with Crippen molar-refractivity contribution in [1.82, 2.24) is 19.7 Å². The number of rotatable bonds is 6. The van der Waals surface area contributed by atoms with E-state index < -0.39 is 12.1 Å². The highest BCUT2D eigenvalue weighted by Gasteiger charge is 2.33. The van der Waals surface area contributed by atoms with Crippen LogP contribution < -0.4 is 10.6 Å². The summed E-state index contributed by atoms with van der Waals surface area (Å²) in [5, 5.41) is 9.64. The van der Waals surface area contributed by atoms with Crippen molar-refractivity contribution >= 4 is 29.1 Å². The lowest BCUT2D eigenvalue weighted by Crippen LogP contribution is -2.49. The molecule has 1 saturated heterocycles. The van der Waals surface area contributed by atoms with E-state index in [0.29, 0.717) is 24.3 Å². The van der Waals surface area contributed by atoms with Gasteiger partial charge in [-0.25, -0.2) is 9.67 Å². The minimum Gasteiger partial charge on any atom is -0.459 e. The second-order valence-electron chi connectivity index (χ2n) is 7.59. The Kier molecular flexibility index (Phi) is 6.29. The summed E-state index contributed by atoms with van der Waals surface area (Å²) in [6, 6.07) is 8.99. The lowest BCUT2D eigenvalue weighted by molar-refractivity contribution is -0.121. The molecule has 1 aliphatic heterocycles. The number of carbonyl (C=O) groups is 3. The molecule has 0 radical (unpaired) electrons. The summed E-state index contributed by atoms with van der Waals surface area (Å²) in [5.74, 6) is -0.540. The van der Waals surface area contributed by atoms with Crippen molar-refractivity contribution in [3.8, 4) is 0 Å². The summed E-state index contributed by atoms with van der Waals surface area (Å²) in [5.41, 5.74) is 1.17. The molecule has 2 atom stereocenters. The second-order valence-corrected chi connectivity index (χ2v) is 7.59. The summed E-state index contributed by atoms with van der Waals surface area (Å²) in [6.07, 6.45) is 6.60. The zero-order chi connectivity index (χ0) is 22.5. The van der Waals surface area contributed by atoms with Crippen LogP contribution in [-0.4, -0.2) is 50.0 Å². The monoisotopic (exact) mass is 436 g/mol. The first-order valence-electron chi connectivity index (χ1n) is 10.4. The van der Waals surface area contributed by atoms with Crippen molar-refractivity contribution in [2.75, 3.05) is 17.2 Å². The van der Waals surface area contributed by atoms with Crippen LogP contribution in [0.5, 0.6) is 0 Å². The van der Waals surface area contributed by atoms with E-state index in [4.69, 9.17) is 4.42 Å². The SMILES string of the molecule is CC(C(=O)Nc1ccc(NC(=O)C2CCCCN2C(=O)c2ccco2)cc1)n1cncn1. The van der Waals surface area contributed by atoms with E-state index in [9.17, 15) is 14.4 Å². The Morgan fingerprint density at radius 1 is 1.09 bits per heavy atom. The van der Waals surface area contributed by atoms with Gasteiger partial charge < -0.3 is 20.0 Å². The third-order valence-corrected chi connectivity index (χ3v) is 5.43. The number of nitrogens with one attached hydrogen (secondary N) is 2. The Bertz CT molecular complexity index is 1060. The van der Waals surface area contributed by atoms with Gasteiger partial charge in [-0.3, -0.25) is 14.4 Å². The highest BCUT2D eigenvalue weighted by Crippen LogP contribution is 2.22. The quantitative estimate of drug-likeness (QED) is 0.613. The molecule has 3 amide bonds. The average molecular weight is 436 g/mol. The fraction of sp³-hybridized carbons (Fsp3) is 0.318. The molecule has 2 aromatic heterocycles. The molecule has 1 aliphatic rings. The van der Waals surface area contributed by atoms with E-state index in [1.807, 2.05) is 0 Å². The fourth-order valence-corrected chi connectivity index (χ4v) is 3.64. The maximum absolute atomic E-state index is 12.9. The van der Waals surface area contributed by atoms with Gasteiger partial charge in [0.25, 0.3) is 5.91 Å². The molecule has 1 aromatic carbocycles. The summed E-state index contributed by atoms with van der Waals surface area (Å²) >= 11 is 0. The molecule has 32 heavy (non-hydrogen) atoms. The van der Waals surface area contributed by atoms with Gasteiger partial charge >= 0.3 is 0 Å². The predicted molar refractivity (Wildman–Crippen MR) is 116 cm³/mol. The Hall–Kier alpha value is -3.95. The first-order chi connectivity index (χ1) is 15.5. The lowest BCUT2D eigenvalue weighted by atomic mass is 10.0. The van der Waals surface area contributed by atoms with Crippen LogP contribution in [0, 0.1) is 0 Å². The Morgan fingerprint density at radius 3 is 2.50 bits per heavy atom. The van der Waals surface area contributed by atoms with E-state index in [2.05, 4.69) is 20.7 Å². The molecule has 3 aromatic rings. The molecule has 0 bridgehead atoms.